The summed E-state index contributed by atoms with van der Waals surface area (Å²) < 4.78 is 50.3. The van der Waals surface area contributed by atoms with Crippen molar-refractivity contribution in [2.45, 2.75) is 41.5 Å². The van der Waals surface area contributed by atoms with Crippen LogP contribution in [-0.2, 0) is 19.9 Å². The first-order chi connectivity index (χ1) is 10.2. The summed E-state index contributed by atoms with van der Waals surface area (Å²) >= 11 is 0. The number of nitrogens with two attached hydrogens (primary N) is 1. The molecular formula is C14H22N2O4S2. The molecule has 8 heteroatoms. The summed E-state index contributed by atoms with van der Waals surface area (Å²) in [7, 11) is -7.04. The second kappa shape index (κ2) is 6.66. The molecule has 1 saturated carbocycles. The molecule has 1 aliphatic carbocycles. The Labute approximate surface area is 132 Å². The minimum atomic E-state index is -3.70. The van der Waals surface area contributed by atoms with Crippen LogP contribution in [-0.4, -0.2) is 35.7 Å². The average Bonchev–Trinajstić information content (AvgIpc) is 2.98. The zero-order chi connectivity index (χ0) is 16.4. The fraction of sp³-hybridized carbons (Fsp3) is 0.571. The molecule has 0 radical (unpaired) electrons. The molecule has 0 spiro atoms. The molecule has 6 nitrogen and oxygen atoms in total. The second-order valence-electron chi connectivity index (χ2n) is 5.75. The van der Waals surface area contributed by atoms with Crippen LogP contribution in [0.25, 0.3) is 0 Å². The normalized spacial score (nSPS) is 18.5. The van der Waals surface area contributed by atoms with Crippen molar-refractivity contribution in [3.05, 3.63) is 24.3 Å². The first-order valence-corrected chi connectivity index (χ1v) is 10.6. The van der Waals surface area contributed by atoms with Crippen LogP contribution in [0.2, 0.25) is 0 Å². The van der Waals surface area contributed by atoms with E-state index in [1.807, 2.05) is 0 Å². The van der Waals surface area contributed by atoms with E-state index in [0.29, 0.717) is 0 Å². The Balaban J connectivity index is 2.18. The summed E-state index contributed by atoms with van der Waals surface area (Å²) in [6.45, 7) is 0.255. The van der Waals surface area contributed by atoms with Gasteiger partial charge < -0.3 is 5.73 Å². The maximum absolute atomic E-state index is 12.4. The molecular weight excluding hydrogens is 324 g/mol. The average molecular weight is 346 g/mol. The predicted octanol–water partition coefficient (Wildman–Crippen LogP) is 0.886. The van der Waals surface area contributed by atoms with Crippen molar-refractivity contribution >= 4 is 19.9 Å². The maximum atomic E-state index is 12.4. The highest BCUT2D eigenvalue weighted by atomic mass is 32.2. The second-order valence-corrected chi connectivity index (χ2v) is 9.48. The molecule has 22 heavy (non-hydrogen) atoms. The lowest BCUT2D eigenvalue weighted by Crippen LogP contribution is -2.44. The standard InChI is InChI=1S/C14H22N2O4S2/c1-21(17,18)12-6-8-13(9-7-12)22(19,20)16-14(10-15)11-4-2-3-5-11/h6-9,11,14,16H,2-5,10,15H2,1H3. The third-order valence-electron chi connectivity index (χ3n) is 4.09. The summed E-state index contributed by atoms with van der Waals surface area (Å²) in [5, 5.41) is 0. The molecule has 1 aromatic rings. The van der Waals surface area contributed by atoms with E-state index >= 15 is 0 Å². The smallest absolute Gasteiger partial charge is 0.240 e. The Kier molecular flexibility index (Phi) is 5.26. The van der Waals surface area contributed by atoms with Crippen molar-refractivity contribution in [3.63, 3.8) is 0 Å². The van der Waals surface area contributed by atoms with E-state index in [1.54, 1.807) is 0 Å². The lowest BCUT2D eigenvalue weighted by molar-refractivity contribution is 0.405. The van der Waals surface area contributed by atoms with Crippen molar-refractivity contribution in [2.24, 2.45) is 11.7 Å². The van der Waals surface area contributed by atoms with E-state index in [0.717, 1.165) is 31.9 Å². The molecule has 0 amide bonds. The fourth-order valence-corrected chi connectivity index (χ4v) is 4.78. The fourth-order valence-electron chi connectivity index (χ4n) is 2.83. The Morgan fingerprint density at radius 3 is 2.05 bits per heavy atom. The maximum Gasteiger partial charge on any atom is 0.240 e. The third kappa shape index (κ3) is 4.07. The molecule has 124 valence electrons. The Morgan fingerprint density at radius 1 is 1.09 bits per heavy atom. The highest BCUT2D eigenvalue weighted by Crippen LogP contribution is 2.28. The Morgan fingerprint density at radius 2 is 1.59 bits per heavy atom. The van der Waals surface area contributed by atoms with Gasteiger partial charge in [0.05, 0.1) is 9.79 Å². The van der Waals surface area contributed by atoms with E-state index in [9.17, 15) is 16.8 Å². The van der Waals surface area contributed by atoms with Gasteiger partial charge in [-0.25, -0.2) is 21.6 Å². The number of benzene rings is 1. The van der Waals surface area contributed by atoms with Gasteiger partial charge in [-0.1, -0.05) is 12.8 Å². The Bertz CT molecular complexity index is 706. The van der Waals surface area contributed by atoms with Crippen LogP contribution in [0.4, 0.5) is 0 Å². The van der Waals surface area contributed by atoms with Gasteiger partial charge in [0.1, 0.15) is 0 Å². The zero-order valence-electron chi connectivity index (χ0n) is 12.5. The van der Waals surface area contributed by atoms with Gasteiger partial charge in [-0.15, -0.1) is 0 Å². The van der Waals surface area contributed by atoms with Crippen molar-refractivity contribution < 1.29 is 16.8 Å². The van der Waals surface area contributed by atoms with E-state index < -0.39 is 19.9 Å². The zero-order valence-corrected chi connectivity index (χ0v) is 14.2. The molecule has 0 bridgehead atoms. The molecule has 0 aromatic heterocycles. The monoisotopic (exact) mass is 346 g/mol. The summed E-state index contributed by atoms with van der Waals surface area (Å²) in [5.41, 5.74) is 5.71. The van der Waals surface area contributed by atoms with Crippen molar-refractivity contribution in [1.29, 1.82) is 0 Å². The van der Waals surface area contributed by atoms with Gasteiger partial charge in [0.25, 0.3) is 0 Å². The molecule has 0 saturated heterocycles. The van der Waals surface area contributed by atoms with Gasteiger partial charge in [-0.05, 0) is 43.0 Å². The SMILES string of the molecule is CS(=O)(=O)c1ccc(S(=O)(=O)NC(CN)C2CCCC2)cc1. The first-order valence-electron chi connectivity index (χ1n) is 7.26. The van der Waals surface area contributed by atoms with E-state index in [1.165, 1.54) is 24.3 Å². The molecule has 1 atom stereocenters. The number of rotatable bonds is 6. The molecule has 1 fully saturated rings. The van der Waals surface area contributed by atoms with E-state index in [2.05, 4.69) is 4.72 Å². The van der Waals surface area contributed by atoms with Crippen LogP contribution in [0, 0.1) is 5.92 Å². The molecule has 2 rings (SSSR count). The van der Waals surface area contributed by atoms with Crippen LogP contribution >= 0.6 is 0 Å². The third-order valence-corrected chi connectivity index (χ3v) is 6.73. The van der Waals surface area contributed by atoms with Crippen LogP contribution in [0.5, 0.6) is 0 Å². The van der Waals surface area contributed by atoms with Crippen molar-refractivity contribution in [1.82, 2.24) is 4.72 Å². The molecule has 0 aliphatic heterocycles. The summed E-state index contributed by atoms with van der Waals surface area (Å²) in [4.78, 5) is 0.147. The lowest BCUT2D eigenvalue weighted by Gasteiger charge is -2.23. The molecule has 1 unspecified atom stereocenters. The van der Waals surface area contributed by atoms with Crippen LogP contribution in [0.15, 0.2) is 34.1 Å². The van der Waals surface area contributed by atoms with Crippen LogP contribution in [0.1, 0.15) is 25.7 Å². The highest BCUT2D eigenvalue weighted by molar-refractivity contribution is 7.90. The lowest BCUT2D eigenvalue weighted by atomic mass is 9.99. The number of hydrogen-bond donors (Lipinski definition) is 2. The largest absolute Gasteiger partial charge is 0.329 e. The quantitative estimate of drug-likeness (QED) is 0.795. The van der Waals surface area contributed by atoms with Crippen molar-refractivity contribution in [3.8, 4) is 0 Å². The topological polar surface area (TPSA) is 106 Å². The first kappa shape index (κ1) is 17.4. The van der Waals surface area contributed by atoms with Gasteiger partial charge >= 0.3 is 0 Å². The number of sulfonamides is 1. The van der Waals surface area contributed by atoms with Gasteiger partial charge in [-0.3, -0.25) is 0 Å². The van der Waals surface area contributed by atoms with Crippen LogP contribution < -0.4 is 10.5 Å². The number of hydrogen-bond acceptors (Lipinski definition) is 5. The summed E-state index contributed by atoms with van der Waals surface area (Å²) in [5.74, 6) is 0.273. The summed E-state index contributed by atoms with van der Waals surface area (Å²) in [6.07, 6.45) is 5.26. The van der Waals surface area contributed by atoms with E-state index in [-0.39, 0.29) is 28.3 Å². The minimum absolute atomic E-state index is 0.0522. The molecule has 3 N–H and O–H groups in total. The predicted molar refractivity (Wildman–Crippen MR) is 84.7 cm³/mol. The van der Waals surface area contributed by atoms with Gasteiger partial charge in [-0.2, -0.15) is 0 Å². The minimum Gasteiger partial charge on any atom is -0.329 e. The molecule has 1 aliphatic rings. The number of nitrogens with one attached hydrogen (secondary N) is 1. The Hall–Kier alpha value is -0.960. The summed E-state index contributed by atoms with van der Waals surface area (Å²) in [6, 6.07) is 4.94. The van der Waals surface area contributed by atoms with E-state index in [4.69, 9.17) is 5.73 Å². The molecule has 0 heterocycles. The van der Waals surface area contributed by atoms with Gasteiger partial charge in [0.2, 0.25) is 10.0 Å². The molecule has 1 aromatic carbocycles. The van der Waals surface area contributed by atoms with Crippen molar-refractivity contribution in [2.75, 3.05) is 12.8 Å². The van der Waals surface area contributed by atoms with Gasteiger partial charge in [0, 0.05) is 18.8 Å². The van der Waals surface area contributed by atoms with Crippen LogP contribution in [0.3, 0.4) is 0 Å². The number of sulfone groups is 1. The van der Waals surface area contributed by atoms with Gasteiger partial charge in [0.15, 0.2) is 9.84 Å². The highest BCUT2D eigenvalue weighted by Gasteiger charge is 2.28.